The van der Waals surface area contributed by atoms with Crippen LogP contribution in [-0.2, 0) is 23.9 Å². The van der Waals surface area contributed by atoms with Crippen molar-refractivity contribution < 1.29 is 53.7 Å². The SMILES string of the molecule is CC(c1ccc(Oc2ccc(N)cc2C(F)(F)F)cc1)(c1ccc(Oc2ccc(N)cc2C(F)(F)F)cc1)c1ccc(Oc2ccc(N)cc2C(F)(F)F)cc1. The van der Waals surface area contributed by atoms with Crippen molar-refractivity contribution in [3.63, 3.8) is 0 Å². The molecule has 0 atom stereocenters. The van der Waals surface area contributed by atoms with Gasteiger partial charge in [-0.15, -0.1) is 0 Å². The van der Waals surface area contributed by atoms with E-state index in [0.29, 0.717) is 16.7 Å². The molecule has 0 aromatic heterocycles. The van der Waals surface area contributed by atoms with Crippen LogP contribution < -0.4 is 31.4 Å². The Morgan fingerprint density at radius 2 is 0.589 bits per heavy atom. The molecule has 290 valence electrons. The van der Waals surface area contributed by atoms with E-state index in [-0.39, 0.29) is 34.3 Å². The predicted molar refractivity (Wildman–Crippen MR) is 193 cm³/mol. The third-order valence-electron chi connectivity index (χ3n) is 8.91. The number of hydrogen-bond donors (Lipinski definition) is 3. The molecule has 0 radical (unpaired) electrons. The van der Waals surface area contributed by atoms with Gasteiger partial charge in [-0.3, -0.25) is 0 Å². The molecule has 0 saturated heterocycles. The zero-order valence-corrected chi connectivity index (χ0v) is 29.0. The van der Waals surface area contributed by atoms with Gasteiger partial charge in [-0.25, -0.2) is 0 Å². The third kappa shape index (κ3) is 8.41. The summed E-state index contributed by atoms with van der Waals surface area (Å²) in [7, 11) is 0. The smallest absolute Gasteiger partial charge is 0.420 e. The average molecular weight is 784 g/mol. The van der Waals surface area contributed by atoms with E-state index in [1.807, 2.05) is 0 Å². The fourth-order valence-electron chi connectivity index (χ4n) is 6.02. The van der Waals surface area contributed by atoms with Gasteiger partial charge in [0.2, 0.25) is 0 Å². The molecule has 0 fully saturated rings. The van der Waals surface area contributed by atoms with Crippen molar-refractivity contribution in [2.24, 2.45) is 0 Å². The molecule has 6 nitrogen and oxygen atoms in total. The van der Waals surface area contributed by atoms with Crippen molar-refractivity contribution in [1.29, 1.82) is 0 Å². The highest BCUT2D eigenvalue weighted by Crippen LogP contribution is 2.45. The largest absolute Gasteiger partial charge is 0.457 e. The number of anilines is 3. The van der Waals surface area contributed by atoms with E-state index in [1.54, 1.807) is 43.3 Å². The molecule has 6 rings (SSSR count). The van der Waals surface area contributed by atoms with Crippen LogP contribution in [0.3, 0.4) is 0 Å². The highest BCUT2D eigenvalue weighted by Gasteiger charge is 2.37. The van der Waals surface area contributed by atoms with E-state index in [0.717, 1.165) is 36.4 Å². The van der Waals surface area contributed by atoms with Crippen molar-refractivity contribution in [2.45, 2.75) is 30.9 Å². The first-order chi connectivity index (χ1) is 26.2. The van der Waals surface area contributed by atoms with Crippen LogP contribution in [0.4, 0.5) is 56.6 Å². The summed E-state index contributed by atoms with van der Waals surface area (Å²) in [4.78, 5) is 0. The Labute approximate surface area is 313 Å². The summed E-state index contributed by atoms with van der Waals surface area (Å²) in [6.45, 7) is 1.81. The molecule has 0 aliphatic rings. The van der Waals surface area contributed by atoms with Crippen molar-refractivity contribution in [1.82, 2.24) is 0 Å². The Morgan fingerprint density at radius 3 is 0.804 bits per heavy atom. The van der Waals surface area contributed by atoms with Gasteiger partial charge >= 0.3 is 18.5 Å². The van der Waals surface area contributed by atoms with Crippen molar-refractivity contribution in [2.75, 3.05) is 17.2 Å². The second kappa shape index (κ2) is 14.6. The Hall–Kier alpha value is -6.51. The van der Waals surface area contributed by atoms with Gasteiger partial charge in [-0.2, -0.15) is 39.5 Å². The minimum absolute atomic E-state index is 0.0619. The zero-order valence-electron chi connectivity index (χ0n) is 29.0. The predicted octanol–water partition coefficient (Wildman–Crippen LogP) is 12.2. The van der Waals surface area contributed by atoms with Gasteiger partial charge in [0.05, 0.1) is 0 Å². The molecule has 6 N–H and O–H groups in total. The third-order valence-corrected chi connectivity index (χ3v) is 8.91. The first-order valence-electron chi connectivity index (χ1n) is 16.5. The van der Waals surface area contributed by atoms with Crippen LogP contribution in [0.15, 0.2) is 127 Å². The highest BCUT2D eigenvalue weighted by atomic mass is 19.4. The lowest BCUT2D eigenvalue weighted by molar-refractivity contribution is -0.139. The number of rotatable bonds is 9. The van der Waals surface area contributed by atoms with Gasteiger partial charge in [-0.1, -0.05) is 36.4 Å². The van der Waals surface area contributed by atoms with Gasteiger partial charge in [0.1, 0.15) is 51.2 Å². The first kappa shape index (κ1) is 39.2. The molecule has 0 bridgehead atoms. The maximum atomic E-state index is 13.7. The van der Waals surface area contributed by atoms with E-state index in [9.17, 15) is 39.5 Å². The van der Waals surface area contributed by atoms with Gasteiger partial charge in [0.15, 0.2) is 0 Å². The zero-order chi connectivity index (χ0) is 40.6. The van der Waals surface area contributed by atoms with Crippen molar-refractivity contribution in [3.05, 3.63) is 161 Å². The lowest BCUT2D eigenvalue weighted by atomic mass is 9.71. The number of ether oxygens (including phenoxy) is 3. The van der Waals surface area contributed by atoms with E-state index < -0.39 is 57.9 Å². The Bertz CT molecular complexity index is 2080. The summed E-state index contributed by atoms with van der Waals surface area (Å²) in [5, 5.41) is 0. The average Bonchev–Trinajstić information content (AvgIpc) is 3.13. The van der Waals surface area contributed by atoms with Gasteiger partial charge in [0.25, 0.3) is 0 Å². The minimum Gasteiger partial charge on any atom is -0.457 e. The number of benzene rings is 6. The molecule has 0 amide bonds. The standard InChI is InChI=1S/C41H30F9N3O3/c1-38(23-2-11-29(12-3-23)54-35-17-8-26(51)20-32(35)39(42,43)44,24-4-13-30(14-5-24)55-36-18-9-27(52)21-33(36)40(45,46)47)25-6-15-31(16-7-25)56-37-19-10-28(53)22-34(37)41(48,49)50/h2-22H,51-53H2,1H3. The molecular formula is C41H30F9N3O3. The van der Waals surface area contributed by atoms with Gasteiger partial charge in [-0.05, 0) is 115 Å². The van der Waals surface area contributed by atoms with Gasteiger partial charge in [0, 0.05) is 22.5 Å². The van der Waals surface area contributed by atoms with Crippen LogP contribution in [0, 0.1) is 0 Å². The minimum atomic E-state index is -4.75. The van der Waals surface area contributed by atoms with E-state index in [4.69, 9.17) is 31.4 Å². The van der Waals surface area contributed by atoms with Crippen LogP contribution in [0.5, 0.6) is 34.5 Å². The molecule has 15 heteroatoms. The maximum Gasteiger partial charge on any atom is 0.420 e. The summed E-state index contributed by atoms with van der Waals surface area (Å²) in [6, 6.07) is 27.8. The monoisotopic (exact) mass is 783 g/mol. The molecule has 0 saturated carbocycles. The van der Waals surface area contributed by atoms with Crippen LogP contribution in [0.1, 0.15) is 40.3 Å². The van der Waals surface area contributed by atoms with Crippen LogP contribution >= 0.6 is 0 Å². The molecule has 0 aliphatic heterocycles. The van der Waals surface area contributed by atoms with Crippen molar-refractivity contribution in [3.8, 4) is 34.5 Å². The molecule has 56 heavy (non-hydrogen) atoms. The van der Waals surface area contributed by atoms with Crippen LogP contribution in [-0.4, -0.2) is 0 Å². The second-order valence-electron chi connectivity index (χ2n) is 12.8. The van der Waals surface area contributed by atoms with Gasteiger partial charge < -0.3 is 31.4 Å². The maximum absolute atomic E-state index is 13.7. The lowest BCUT2D eigenvalue weighted by Crippen LogP contribution is -2.25. The summed E-state index contributed by atoms with van der Waals surface area (Å²) >= 11 is 0. The number of nitrogens with two attached hydrogens (primary N) is 3. The summed E-state index contributed by atoms with van der Waals surface area (Å²) < 4.78 is 140. The number of nitrogen functional groups attached to an aromatic ring is 3. The Balaban J connectivity index is 1.37. The molecule has 6 aromatic carbocycles. The normalized spacial score (nSPS) is 12.3. The molecule has 0 heterocycles. The van der Waals surface area contributed by atoms with E-state index >= 15 is 0 Å². The van der Waals surface area contributed by atoms with Crippen LogP contribution in [0.25, 0.3) is 0 Å². The Morgan fingerprint density at radius 1 is 0.357 bits per heavy atom. The number of alkyl halides is 9. The lowest BCUT2D eigenvalue weighted by Gasteiger charge is -2.32. The molecule has 6 aromatic rings. The quantitative estimate of drug-likeness (QED) is 0.0766. The van der Waals surface area contributed by atoms with E-state index in [1.165, 1.54) is 54.6 Å². The molecule has 0 unspecified atom stereocenters. The van der Waals surface area contributed by atoms with E-state index in [2.05, 4.69) is 0 Å². The fourth-order valence-corrected chi connectivity index (χ4v) is 6.02. The molecular weight excluding hydrogens is 753 g/mol. The summed E-state index contributed by atoms with van der Waals surface area (Å²) in [5.41, 5.74) is 13.9. The molecule has 0 spiro atoms. The van der Waals surface area contributed by atoms with Crippen molar-refractivity contribution >= 4 is 17.1 Å². The van der Waals surface area contributed by atoms with Crippen LogP contribution in [0.2, 0.25) is 0 Å². The number of halogens is 9. The first-order valence-corrected chi connectivity index (χ1v) is 16.5. The highest BCUT2D eigenvalue weighted by molar-refractivity contribution is 5.56. The second-order valence-corrected chi connectivity index (χ2v) is 12.8. The summed E-state index contributed by atoms with van der Waals surface area (Å²) in [6.07, 6.45) is -14.3. The number of hydrogen-bond acceptors (Lipinski definition) is 6. The Kier molecular flexibility index (Phi) is 10.2. The topological polar surface area (TPSA) is 106 Å². The fraction of sp³-hybridized carbons (Fsp3) is 0.122. The summed E-state index contributed by atoms with van der Waals surface area (Å²) in [5.74, 6) is -1.24. The molecule has 0 aliphatic carbocycles.